The first-order valence-corrected chi connectivity index (χ1v) is 13.1. The van der Waals surface area contributed by atoms with Crippen molar-refractivity contribution in [3.05, 3.63) is 29.8 Å². The number of benzene rings is 1. The molecule has 0 amide bonds. The van der Waals surface area contributed by atoms with Gasteiger partial charge in [-0.15, -0.1) is 0 Å². The number of esters is 1. The van der Waals surface area contributed by atoms with Gasteiger partial charge < -0.3 is 4.74 Å². The van der Waals surface area contributed by atoms with E-state index in [-0.39, 0.29) is 5.97 Å². The number of ether oxygens (including phenoxy) is 1. The molecule has 5 nitrogen and oxygen atoms in total. The molecule has 0 atom stereocenters. The van der Waals surface area contributed by atoms with Crippen molar-refractivity contribution in [2.24, 2.45) is 5.84 Å². The van der Waals surface area contributed by atoms with Crippen LogP contribution in [0.1, 0.15) is 127 Å². The molecule has 0 unspecified atom stereocenters. The van der Waals surface area contributed by atoms with E-state index in [0.29, 0.717) is 24.5 Å². The van der Waals surface area contributed by atoms with E-state index in [0.717, 1.165) is 12.8 Å². The van der Waals surface area contributed by atoms with Gasteiger partial charge in [-0.3, -0.25) is 4.84 Å². The molecule has 0 saturated heterocycles. The first kappa shape index (κ1) is 28.4. The van der Waals surface area contributed by atoms with Gasteiger partial charge in [-0.1, -0.05) is 109 Å². The zero-order valence-electron chi connectivity index (χ0n) is 20.8. The lowest BCUT2D eigenvalue weighted by atomic mass is 10.0. The Kier molecular flexibility index (Phi) is 17.8. The molecule has 5 heteroatoms. The van der Waals surface area contributed by atoms with Crippen LogP contribution < -0.4 is 11.0 Å². The number of hydrogen-bond acceptors (Lipinski definition) is 5. The maximum atomic E-state index is 11.8. The lowest BCUT2D eigenvalue weighted by molar-refractivity contribution is 0.0526. The molecule has 184 valence electrons. The van der Waals surface area contributed by atoms with Crippen molar-refractivity contribution in [2.75, 3.05) is 18.4 Å². The molecular formula is C27H48N2O3. The largest absolute Gasteiger partial charge is 0.462 e. The van der Waals surface area contributed by atoms with Crippen LogP contribution in [0.5, 0.6) is 0 Å². The van der Waals surface area contributed by atoms with Gasteiger partial charge in [0.1, 0.15) is 0 Å². The molecule has 1 aromatic rings. The van der Waals surface area contributed by atoms with E-state index in [9.17, 15) is 4.79 Å². The molecule has 1 aromatic carbocycles. The minimum absolute atomic E-state index is 0.347. The highest BCUT2D eigenvalue weighted by molar-refractivity contribution is 5.90. The first-order valence-electron chi connectivity index (χ1n) is 13.1. The number of unbranched alkanes of at least 4 members (excludes halogenated alkanes) is 15. The van der Waals surface area contributed by atoms with Crippen LogP contribution >= 0.6 is 0 Å². The molecule has 0 radical (unpaired) electrons. The van der Waals surface area contributed by atoms with Gasteiger partial charge in [0.05, 0.1) is 24.5 Å². The highest BCUT2D eigenvalue weighted by Crippen LogP contribution is 2.16. The summed E-state index contributed by atoms with van der Waals surface area (Å²) in [4.78, 5) is 17.4. The lowest BCUT2D eigenvalue weighted by Gasteiger charge is -2.18. The lowest BCUT2D eigenvalue weighted by Crippen LogP contribution is -2.31. The summed E-state index contributed by atoms with van der Waals surface area (Å²) in [6, 6.07) is 6.99. The summed E-state index contributed by atoms with van der Waals surface area (Å²) in [5.74, 6) is 5.62. The van der Waals surface area contributed by atoms with E-state index in [2.05, 4.69) is 6.92 Å². The van der Waals surface area contributed by atoms with Gasteiger partial charge in [0, 0.05) is 0 Å². The predicted octanol–water partition coefficient (Wildman–Crippen LogP) is 7.74. The van der Waals surface area contributed by atoms with Crippen molar-refractivity contribution in [1.82, 2.24) is 0 Å². The molecule has 0 heterocycles. The van der Waals surface area contributed by atoms with Gasteiger partial charge in [0.15, 0.2) is 0 Å². The Morgan fingerprint density at radius 2 is 1.28 bits per heavy atom. The van der Waals surface area contributed by atoms with Gasteiger partial charge in [-0.25, -0.2) is 10.6 Å². The number of rotatable bonds is 21. The van der Waals surface area contributed by atoms with Crippen molar-refractivity contribution in [3.8, 4) is 0 Å². The smallest absolute Gasteiger partial charge is 0.338 e. The van der Waals surface area contributed by atoms with Crippen molar-refractivity contribution in [3.63, 3.8) is 0 Å². The van der Waals surface area contributed by atoms with Crippen LogP contribution in [0.2, 0.25) is 0 Å². The van der Waals surface area contributed by atoms with Gasteiger partial charge in [-0.05, 0) is 31.5 Å². The van der Waals surface area contributed by atoms with Crippen LogP contribution in [0, 0.1) is 0 Å². The predicted molar refractivity (Wildman–Crippen MR) is 135 cm³/mol. The van der Waals surface area contributed by atoms with Gasteiger partial charge in [-0.2, -0.15) is 5.17 Å². The third-order valence-electron chi connectivity index (χ3n) is 5.84. The topological polar surface area (TPSA) is 64.8 Å². The molecule has 0 bridgehead atoms. The highest BCUT2D eigenvalue weighted by Gasteiger charge is 2.09. The normalized spacial score (nSPS) is 11.0. The van der Waals surface area contributed by atoms with E-state index in [1.54, 1.807) is 25.1 Å². The Morgan fingerprint density at radius 3 is 1.78 bits per heavy atom. The monoisotopic (exact) mass is 448 g/mol. The second-order valence-corrected chi connectivity index (χ2v) is 8.73. The van der Waals surface area contributed by atoms with E-state index < -0.39 is 0 Å². The van der Waals surface area contributed by atoms with Crippen LogP contribution in [0.15, 0.2) is 24.3 Å². The summed E-state index contributed by atoms with van der Waals surface area (Å²) in [6.45, 7) is 5.00. The van der Waals surface area contributed by atoms with Crippen LogP contribution in [-0.4, -0.2) is 19.2 Å². The Bertz CT molecular complexity index is 580. The third-order valence-corrected chi connectivity index (χ3v) is 5.84. The zero-order chi connectivity index (χ0) is 23.3. The molecule has 1 rings (SSSR count). The van der Waals surface area contributed by atoms with Gasteiger partial charge in [0.25, 0.3) is 0 Å². The summed E-state index contributed by atoms with van der Waals surface area (Å²) in [5, 5.41) is 1.24. The number of carbonyl (C=O) groups is 1. The Hall–Kier alpha value is -1.59. The van der Waals surface area contributed by atoms with E-state index in [1.165, 1.54) is 95.1 Å². The Balaban J connectivity index is 1.93. The minimum Gasteiger partial charge on any atom is -0.462 e. The molecule has 0 spiro atoms. The van der Waals surface area contributed by atoms with E-state index >= 15 is 0 Å². The molecule has 0 aliphatic heterocycles. The van der Waals surface area contributed by atoms with Crippen LogP contribution in [0.3, 0.4) is 0 Å². The molecular weight excluding hydrogens is 400 g/mol. The Morgan fingerprint density at radius 1 is 0.781 bits per heavy atom. The average Bonchev–Trinajstić information content (AvgIpc) is 2.81. The standard InChI is InChI=1S/C27H48N2O3/c1-3-5-6-7-8-9-10-11-12-13-14-15-16-17-18-19-23-32-29(28)26-22-20-21-25(24-26)27(30)31-4-2/h20-22,24H,3-19,23,28H2,1-2H3. The maximum Gasteiger partial charge on any atom is 0.338 e. The number of carbonyl (C=O) groups excluding carboxylic acids is 1. The zero-order valence-corrected chi connectivity index (χ0v) is 20.8. The molecule has 0 aliphatic rings. The van der Waals surface area contributed by atoms with E-state index in [4.69, 9.17) is 15.4 Å². The number of hydrogen-bond donors (Lipinski definition) is 1. The summed E-state index contributed by atoms with van der Waals surface area (Å²) in [7, 11) is 0. The van der Waals surface area contributed by atoms with Crippen molar-refractivity contribution < 1.29 is 14.4 Å². The first-order chi connectivity index (χ1) is 15.7. The number of anilines is 1. The quantitative estimate of drug-likeness (QED) is 0.0901. The number of nitrogens with zero attached hydrogens (tertiary/aromatic N) is 1. The number of nitrogens with two attached hydrogens (primary N) is 1. The Labute approximate surface area is 197 Å². The third kappa shape index (κ3) is 14.5. The summed E-state index contributed by atoms with van der Waals surface area (Å²) < 4.78 is 5.02. The van der Waals surface area contributed by atoms with Crippen LogP contribution in [0.25, 0.3) is 0 Å². The second-order valence-electron chi connectivity index (χ2n) is 8.73. The SMILES string of the molecule is CCCCCCCCCCCCCCCCCCON(N)c1cccc(C(=O)OCC)c1. The molecule has 0 fully saturated rings. The molecule has 0 saturated carbocycles. The molecule has 2 N–H and O–H groups in total. The maximum absolute atomic E-state index is 11.8. The van der Waals surface area contributed by atoms with Crippen LogP contribution in [-0.2, 0) is 9.57 Å². The fourth-order valence-corrected chi connectivity index (χ4v) is 3.87. The summed E-state index contributed by atoms with van der Waals surface area (Å²) in [6.07, 6.45) is 21.6. The molecule has 32 heavy (non-hydrogen) atoms. The van der Waals surface area contributed by atoms with Crippen LogP contribution in [0.4, 0.5) is 5.69 Å². The fraction of sp³-hybridized carbons (Fsp3) is 0.741. The minimum atomic E-state index is -0.347. The number of hydrazine groups is 1. The van der Waals surface area contributed by atoms with E-state index in [1.807, 2.05) is 6.07 Å². The fourth-order valence-electron chi connectivity index (χ4n) is 3.87. The molecule has 0 aliphatic carbocycles. The van der Waals surface area contributed by atoms with Crippen molar-refractivity contribution >= 4 is 11.7 Å². The second kappa shape index (κ2) is 20.0. The summed E-state index contributed by atoms with van der Waals surface area (Å²) in [5.41, 5.74) is 1.12. The van der Waals surface area contributed by atoms with Crippen molar-refractivity contribution in [2.45, 2.75) is 117 Å². The van der Waals surface area contributed by atoms with Gasteiger partial charge >= 0.3 is 5.97 Å². The highest BCUT2D eigenvalue weighted by atomic mass is 16.7. The van der Waals surface area contributed by atoms with Gasteiger partial charge in [0.2, 0.25) is 0 Å². The molecule has 0 aromatic heterocycles. The summed E-state index contributed by atoms with van der Waals surface area (Å²) >= 11 is 0. The average molecular weight is 449 g/mol. The van der Waals surface area contributed by atoms with Crippen molar-refractivity contribution in [1.29, 1.82) is 0 Å².